The lowest BCUT2D eigenvalue weighted by Gasteiger charge is -2.40. The van der Waals surface area contributed by atoms with Crippen molar-refractivity contribution in [3.63, 3.8) is 0 Å². The molecule has 1 aliphatic carbocycles. The second-order valence-corrected chi connectivity index (χ2v) is 4.22. The zero-order valence-corrected chi connectivity index (χ0v) is 8.65. The number of halogens is 1. The predicted octanol–water partition coefficient (Wildman–Crippen LogP) is 2.15. The minimum Gasteiger partial charge on any atom is -0.395 e. The Morgan fingerprint density at radius 3 is 2.56 bits per heavy atom. The van der Waals surface area contributed by atoms with Crippen LogP contribution in [0.5, 0.6) is 0 Å². The van der Waals surface area contributed by atoms with Gasteiger partial charge in [-0.2, -0.15) is 4.39 Å². The fourth-order valence-corrected chi connectivity index (χ4v) is 2.13. The molecule has 1 N–H and O–H groups in total. The van der Waals surface area contributed by atoms with Crippen LogP contribution in [0.25, 0.3) is 0 Å². The Morgan fingerprint density at radius 1 is 1.50 bits per heavy atom. The molecule has 0 atom stereocenters. The molecule has 1 aliphatic rings. The highest BCUT2D eigenvalue weighted by Gasteiger charge is 2.38. The van der Waals surface area contributed by atoms with E-state index in [0.29, 0.717) is 5.56 Å². The van der Waals surface area contributed by atoms with Gasteiger partial charge in [0.25, 0.3) is 0 Å². The van der Waals surface area contributed by atoms with E-state index in [1.165, 1.54) is 18.2 Å². The number of nitro groups is 1. The molecule has 2 rings (SSSR count). The van der Waals surface area contributed by atoms with E-state index >= 15 is 0 Å². The van der Waals surface area contributed by atoms with Crippen molar-refractivity contribution in [2.75, 3.05) is 6.61 Å². The van der Waals surface area contributed by atoms with Crippen LogP contribution in [0, 0.1) is 15.9 Å². The molecule has 0 unspecified atom stereocenters. The van der Waals surface area contributed by atoms with Gasteiger partial charge in [-0.1, -0.05) is 12.5 Å². The molecule has 0 spiro atoms. The Labute approximate surface area is 91.9 Å². The first-order valence-corrected chi connectivity index (χ1v) is 5.14. The highest BCUT2D eigenvalue weighted by Crippen LogP contribution is 2.43. The molecule has 1 aromatic carbocycles. The summed E-state index contributed by atoms with van der Waals surface area (Å²) < 4.78 is 13.4. The summed E-state index contributed by atoms with van der Waals surface area (Å²) in [6.45, 7) is -0.0374. The normalized spacial score (nSPS) is 17.9. The second-order valence-electron chi connectivity index (χ2n) is 4.22. The van der Waals surface area contributed by atoms with Gasteiger partial charge in [0.05, 0.1) is 11.5 Å². The summed E-state index contributed by atoms with van der Waals surface area (Å²) in [5.74, 6) is -0.831. The molecule has 16 heavy (non-hydrogen) atoms. The van der Waals surface area contributed by atoms with Gasteiger partial charge in [0.15, 0.2) is 0 Å². The van der Waals surface area contributed by atoms with Gasteiger partial charge in [-0.25, -0.2) is 0 Å². The first-order valence-electron chi connectivity index (χ1n) is 5.14. The maximum atomic E-state index is 13.4. The van der Waals surface area contributed by atoms with Gasteiger partial charge in [-0.3, -0.25) is 10.1 Å². The van der Waals surface area contributed by atoms with Crippen molar-refractivity contribution >= 4 is 5.69 Å². The number of aliphatic hydroxyl groups excluding tert-OH is 1. The minimum absolute atomic E-state index is 0.0374. The molecular weight excluding hydrogens is 213 g/mol. The van der Waals surface area contributed by atoms with Crippen LogP contribution in [0.2, 0.25) is 0 Å². The minimum atomic E-state index is -0.831. The standard InChI is InChI=1S/C11H12FNO3/c12-9-6-8(2-3-10(9)13(15)16)11(7-14)4-1-5-11/h2-3,6,14H,1,4-5,7H2. The SMILES string of the molecule is O=[N+]([O-])c1ccc(C2(CO)CCC2)cc1F. The largest absolute Gasteiger partial charge is 0.395 e. The fourth-order valence-electron chi connectivity index (χ4n) is 2.13. The van der Waals surface area contributed by atoms with Gasteiger partial charge in [-0.15, -0.1) is 0 Å². The Hall–Kier alpha value is -1.49. The maximum absolute atomic E-state index is 13.4. The van der Waals surface area contributed by atoms with E-state index in [1.54, 1.807) is 0 Å². The van der Waals surface area contributed by atoms with Crippen LogP contribution in [0.1, 0.15) is 24.8 Å². The first-order chi connectivity index (χ1) is 7.59. The van der Waals surface area contributed by atoms with Crippen molar-refractivity contribution in [3.05, 3.63) is 39.7 Å². The lowest BCUT2D eigenvalue weighted by Crippen LogP contribution is -2.37. The molecule has 0 aliphatic heterocycles. The molecule has 0 heterocycles. The number of aliphatic hydroxyl groups is 1. The van der Waals surface area contributed by atoms with Crippen molar-refractivity contribution in [1.29, 1.82) is 0 Å². The average Bonchev–Trinajstić information content (AvgIpc) is 2.16. The number of hydrogen-bond donors (Lipinski definition) is 1. The summed E-state index contributed by atoms with van der Waals surface area (Å²) >= 11 is 0. The third kappa shape index (κ3) is 1.57. The van der Waals surface area contributed by atoms with Crippen LogP contribution in [0.15, 0.2) is 18.2 Å². The third-order valence-electron chi connectivity index (χ3n) is 3.37. The van der Waals surface area contributed by atoms with E-state index in [1.807, 2.05) is 0 Å². The highest BCUT2D eigenvalue weighted by atomic mass is 19.1. The molecule has 1 saturated carbocycles. The number of hydrogen-bond acceptors (Lipinski definition) is 3. The van der Waals surface area contributed by atoms with E-state index in [-0.39, 0.29) is 12.0 Å². The summed E-state index contributed by atoms with van der Waals surface area (Å²) in [5, 5.41) is 19.8. The van der Waals surface area contributed by atoms with Crippen LogP contribution in [0.4, 0.5) is 10.1 Å². The Balaban J connectivity index is 2.37. The van der Waals surface area contributed by atoms with E-state index in [9.17, 15) is 19.6 Å². The summed E-state index contributed by atoms with van der Waals surface area (Å²) in [7, 11) is 0. The Bertz CT molecular complexity index is 424. The van der Waals surface area contributed by atoms with Crippen LogP contribution in [-0.4, -0.2) is 16.6 Å². The van der Waals surface area contributed by atoms with Gasteiger partial charge in [-0.05, 0) is 24.5 Å². The molecule has 5 heteroatoms. The quantitative estimate of drug-likeness (QED) is 0.633. The second kappa shape index (κ2) is 3.83. The lowest BCUT2D eigenvalue weighted by molar-refractivity contribution is -0.387. The number of nitrogens with zero attached hydrogens (tertiary/aromatic N) is 1. The highest BCUT2D eigenvalue weighted by molar-refractivity contribution is 5.39. The molecule has 0 amide bonds. The molecule has 1 aromatic rings. The van der Waals surface area contributed by atoms with Gasteiger partial charge in [0.1, 0.15) is 0 Å². The lowest BCUT2D eigenvalue weighted by atomic mass is 9.65. The van der Waals surface area contributed by atoms with Crippen LogP contribution in [0.3, 0.4) is 0 Å². The molecule has 0 saturated heterocycles. The molecule has 0 radical (unpaired) electrons. The number of benzene rings is 1. The van der Waals surface area contributed by atoms with Crippen molar-refractivity contribution in [3.8, 4) is 0 Å². The van der Waals surface area contributed by atoms with Crippen molar-refractivity contribution in [2.24, 2.45) is 0 Å². The number of nitro benzene ring substituents is 1. The summed E-state index contributed by atoms with van der Waals surface area (Å²) in [6.07, 6.45) is 2.61. The Morgan fingerprint density at radius 2 is 2.19 bits per heavy atom. The fraction of sp³-hybridized carbons (Fsp3) is 0.455. The van der Waals surface area contributed by atoms with E-state index in [2.05, 4.69) is 0 Å². The summed E-state index contributed by atoms with van der Waals surface area (Å²) in [4.78, 5) is 9.71. The van der Waals surface area contributed by atoms with Crippen LogP contribution >= 0.6 is 0 Å². The van der Waals surface area contributed by atoms with Crippen molar-refractivity contribution in [1.82, 2.24) is 0 Å². The zero-order chi connectivity index (χ0) is 11.8. The average molecular weight is 225 g/mol. The van der Waals surface area contributed by atoms with E-state index in [0.717, 1.165) is 19.3 Å². The smallest absolute Gasteiger partial charge is 0.304 e. The molecule has 4 nitrogen and oxygen atoms in total. The van der Waals surface area contributed by atoms with Gasteiger partial charge in [0, 0.05) is 11.5 Å². The van der Waals surface area contributed by atoms with Gasteiger partial charge >= 0.3 is 5.69 Å². The molecule has 86 valence electrons. The molecule has 0 bridgehead atoms. The van der Waals surface area contributed by atoms with Crippen molar-refractivity contribution < 1.29 is 14.4 Å². The van der Waals surface area contributed by atoms with E-state index in [4.69, 9.17) is 0 Å². The topological polar surface area (TPSA) is 63.4 Å². The molecular formula is C11H12FNO3. The van der Waals surface area contributed by atoms with Crippen LogP contribution in [-0.2, 0) is 5.41 Å². The van der Waals surface area contributed by atoms with Gasteiger partial charge < -0.3 is 5.11 Å². The Kier molecular flexibility index (Phi) is 2.63. The monoisotopic (exact) mass is 225 g/mol. The molecule has 0 aromatic heterocycles. The maximum Gasteiger partial charge on any atom is 0.304 e. The van der Waals surface area contributed by atoms with Crippen molar-refractivity contribution in [2.45, 2.75) is 24.7 Å². The third-order valence-corrected chi connectivity index (χ3v) is 3.37. The first kappa shape index (κ1) is 11.0. The van der Waals surface area contributed by atoms with Gasteiger partial charge in [0.2, 0.25) is 5.82 Å². The summed E-state index contributed by atoms with van der Waals surface area (Å²) in [5.41, 5.74) is -0.240. The predicted molar refractivity (Wildman–Crippen MR) is 55.7 cm³/mol. The number of rotatable bonds is 3. The van der Waals surface area contributed by atoms with Crippen LogP contribution < -0.4 is 0 Å². The summed E-state index contributed by atoms with van der Waals surface area (Å²) in [6, 6.07) is 3.88. The zero-order valence-electron chi connectivity index (χ0n) is 8.65. The molecule has 1 fully saturated rings. The van der Waals surface area contributed by atoms with E-state index < -0.39 is 16.4 Å².